The second-order valence-corrected chi connectivity index (χ2v) is 3.57. The van der Waals surface area contributed by atoms with Crippen molar-refractivity contribution in [3.63, 3.8) is 0 Å². The maximum absolute atomic E-state index is 5.63. The fourth-order valence-electron chi connectivity index (χ4n) is 1.76. The maximum atomic E-state index is 5.63. The first kappa shape index (κ1) is 9.15. The zero-order valence-corrected chi connectivity index (χ0v) is 8.90. The Morgan fingerprint density at radius 2 is 2.31 bits per heavy atom. The number of hydrogen-bond acceptors (Lipinski definition) is 3. The lowest BCUT2D eigenvalue weighted by atomic mass is 10.2. The predicted molar refractivity (Wildman–Crippen MR) is 61.0 cm³/mol. The summed E-state index contributed by atoms with van der Waals surface area (Å²) in [4.78, 5) is 11.5. The standard InChI is InChI=1S/C12H11N3O/c1-2-11-14-7-10(16-11)9-6-15-12-8(9)4-3-5-13-12/h3-7H,2H2,1H3,(H,13,15). The molecule has 0 bridgehead atoms. The Labute approximate surface area is 92.3 Å². The summed E-state index contributed by atoms with van der Waals surface area (Å²) in [6, 6.07) is 3.93. The van der Waals surface area contributed by atoms with Crippen LogP contribution in [0.5, 0.6) is 0 Å². The van der Waals surface area contributed by atoms with Crippen molar-refractivity contribution in [2.24, 2.45) is 0 Å². The molecule has 0 saturated carbocycles. The van der Waals surface area contributed by atoms with Crippen molar-refractivity contribution in [1.29, 1.82) is 0 Å². The van der Waals surface area contributed by atoms with Crippen molar-refractivity contribution in [3.8, 4) is 11.3 Å². The van der Waals surface area contributed by atoms with Crippen LogP contribution in [0.1, 0.15) is 12.8 Å². The van der Waals surface area contributed by atoms with E-state index < -0.39 is 0 Å². The van der Waals surface area contributed by atoms with E-state index in [1.807, 2.05) is 25.3 Å². The minimum absolute atomic E-state index is 0.758. The van der Waals surface area contributed by atoms with Gasteiger partial charge in [-0.05, 0) is 12.1 Å². The van der Waals surface area contributed by atoms with E-state index in [-0.39, 0.29) is 0 Å². The molecule has 0 amide bonds. The molecule has 0 atom stereocenters. The molecule has 0 aliphatic rings. The van der Waals surface area contributed by atoms with Crippen LogP contribution >= 0.6 is 0 Å². The summed E-state index contributed by atoms with van der Waals surface area (Å²) in [5.41, 5.74) is 1.88. The van der Waals surface area contributed by atoms with Crippen LogP contribution in [-0.4, -0.2) is 15.0 Å². The molecule has 4 heteroatoms. The lowest BCUT2D eigenvalue weighted by Crippen LogP contribution is -1.74. The second-order valence-electron chi connectivity index (χ2n) is 3.57. The molecule has 4 nitrogen and oxygen atoms in total. The first-order valence-electron chi connectivity index (χ1n) is 5.25. The van der Waals surface area contributed by atoms with E-state index in [0.717, 1.165) is 34.7 Å². The molecule has 0 spiro atoms. The molecule has 3 aromatic rings. The van der Waals surface area contributed by atoms with Crippen molar-refractivity contribution < 1.29 is 4.42 Å². The maximum Gasteiger partial charge on any atom is 0.194 e. The van der Waals surface area contributed by atoms with E-state index in [1.165, 1.54) is 0 Å². The largest absolute Gasteiger partial charge is 0.441 e. The Balaban J connectivity index is 2.18. The molecule has 0 aliphatic carbocycles. The van der Waals surface area contributed by atoms with Crippen LogP contribution in [0, 0.1) is 0 Å². The van der Waals surface area contributed by atoms with E-state index in [0.29, 0.717) is 0 Å². The van der Waals surface area contributed by atoms with Gasteiger partial charge in [0.25, 0.3) is 0 Å². The van der Waals surface area contributed by atoms with Gasteiger partial charge in [-0.15, -0.1) is 0 Å². The fraction of sp³-hybridized carbons (Fsp3) is 0.167. The summed E-state index contributed by atoms with van der Waals surface area (Å²) in [5.74, 6) is 1.55. The van der Waals surface area contributed by atoms with Crippen molar-refractivity contribution in [1.82, 2.24) is 15.0 Å². The SMILES string of the molecule is CCc1ncc(-c2c[nH]c3ncccc23)o1. The zero-order chi connectivity index (χ0) is 11.0. The minimum atomic E-state index is 0.758. The normalized spacial score (nSPS) is 11.1. The number of nitrogens with one attached hydrogen (secondary N) is 1. The Kier molecular flexibility index (Phi) is 1.99. The molecule has 1 N–H and O–H groups in total. The highest BCUT2D eigenvalue weighted by Crippen LogP contribution is 2.27. The van der Waals surface area contributed by atoms with Gasteiger partial charge >= 0.3 is 0 Å². The van der Waals surface area contributed by atoms with Gasteiger partial charge in [-0.2, -0.15) is 0 Å². The fourth-order valence-corrected chi connectivity index (χ4v) is 1.76. The molecule has 0 saturated heterocycles. The summed E-state index contributed by atoms with van der Waals surface area (Å²) >= 11 is 0. The molecule has 0 aromatic carbocycles. The van der Waals surface area contributed by atoms with Crippen LogP contribution in [0.15, 0.2) is 35.1 Å². The molecule has 16 heavy (non-hydrogen) atoms. The van der Waals surface area contributed by atoms with Gasteiger partial charge in [0.05, 0.1) is 6.20 Å². The first-order valence-corrected chi connectivity index (χ1v) is 5.25. The highest BCUT2D eigenvalue weighted by molar-refractivity contribution is 5.91. The molecule has 0 aliphatic heterocycles. The smallest absolute Gasteiger partial charge is 0.194 e. The van der Waals surface area contributed by atoms with E-state index in [4.69, 9.17) is 4.42 Å². The Morgan fingerprint density at radius 1 is 1.38 bits per heavy atom. The van der Waals surface area contributed by atoms with Gasteiger partial charge in [0.1, 0.15) is 5.65 Å². The van der Waals surface area contributed by atoms with E-state index >= 15 is 0 Å². The van der Waals surface area contributed by atoms with Crippen molar-refractivity contribution >= 4 is 11.0 Å². The van der Waals surface area contributed by atoms with Crippen molar-refractivity contribution in [2.75, 3.05) is 0 Å². The number of rotatable bonds is 2. The molecule has 0 unspecified atom stereocenters. The molecule has 3 heterocycles. The number of fused-ring (bicyclic) bond motifs is 1. The number of H-pyrrole nitrogens is 1. The number of aromatic nitrogens is 3. The number of aryl methyl sites for hydroxylation is 1. The summed E-state index contributed by atoms with van der Waals surface area (Å²) in [5, 5.41) is 1.06. The third-order valence-corrected chi connectivity index (χ3v) is 2.57. The lowest BCUT2D eigenvalue weighted by molar-refractivity contribution is 0.514. The third kappa shape index (κ3) is 1.31. The molecule has 0 fully saturated rings. The van der Waals surface area contributed by atoms with Crippen LogP contribution in [0.2, 0.25) is 0 Å². The van der Waals surface area contributed by atoms with Crippen molar-refractivity contribution in [2.45, 2.75) is 13.3 Å². The van der Waals surface area contributed by atoms with E-state index in [2.05, 4.69) is 15.0 Å². The third-order valence-electron chi connectivity index (χ3n) is 2.57. The highest BCUT2D eigenvalue weighted by Gasteiger charge is 2.10. The van der Waals surface area contributed by atoms with Crippen LogP contribution < -0.4 is 0 Å². The van der Waals surface area contributed by atoms with Crippen LogP contribution in [0.25, 0.3) is 22.4 Å². The summed E-state index contributed by atoms with van der Waals surface area (Å²) < 4.78 is 5.63. The molecular formula is C12H11N3O. The number of oxazole rings is 1. The van der Waals surface area contributed by atoms with Gasteiger partial charge in [0.15, 0.2) is 11.7 Å². The van der Waals surface area contributed by atoms with Gasteiger partial charge in [0, 0.05) is 29.8 Å². The highest BCUT2D eigenvalue weighted by atomic mass is 16.4. The average Bonchev–Trinajstić information content (AvgIpc) is 2.94. The number of aromatic amines is 1. The van der Waals surface area contributed by atoms with Gasteiger partial charge in [-0.1, -0.05) is 6.92 Å². The number of hydrogen-bond donors (Lipinski definition) is 1. The summed E-state index contributed by atoms with van der Waals surface area (Å²) in [6.45, 7) is 2.02. The molecule has 0 radical (unpaired) electrons. The molecular weight excluding hydrogens is 202 g/mol. The van der Waals surface area contributed by atoms with Crippen molar-refractivity contribution in [3.05, 3.63) is 36.6 Å². The molecule has 3 aromatic heterocycles. The lowest BCUT2D eigenvalue weighted by Gasteiger charge is -1.92. The predicted octanol–water partition coefficient (Wildman–Crippen LogP) is 2.78. The summed E-state index contributed by atoms with van der Waals surface area (Å²) in [6.07, 6.45) is 6.23. The summed E-state index contributed by atoms with van der Waals surface area (Å²) in [7, 11) is 0. The topological polar surface area (TPSA) is 54.7 Å². The number of nitrogens with zero attached hydrogens (tertiary/aromatic N) is 2. The average molecular weight is 213 g/mol. The van der Waals surface area contributed by atoms with E-state index in [9.17, 15) is 0 Å². The second kappa shape index (κ2) is 3.48. The van der Waals surface area contributed by atoms with Crippen LogP contribution in [0.4, 0.5) is 0 Å². The zero-order valence-electron chi connectivity index (χ0n) is 8.90. The first-order chi connectivity index (χ1) is 7.88. The quantitative estimate of drug-likeness (QED) is 0.712. The number of pyridine rings is 1. The molecule has 3 rings (SSSR count). The van der Waals surface area contributed by atoms with Gasteiger partial charge in [-0.25, -0.2) is 9.97 Å². The minimum Gasteiger partial charge on any atom is -0.441 e. The molecule has 80 valence electrons. The Bertz CT molecular complexity index is 624. The van der Waals surface area contributed by atoms with Gasteiger partial charge in [-0.3, -0.25) is 0 Å². The van der Waals surface area contributed by atoms with E-state index in [1.54, 1.807) is 12.4 Å². The Morgan fingerprint density at radius 3 is 3.12 bits per heavy atom. The van der Waals surface area contributed by atoms with Crippen LogP contribution in [-0.2, 0) is 6.42 Å². The van der Waals surface area contributed by atoms with Crippen LogP contribution in [0.3, 0.4) is 0 Å². The van der Waals surface area contributed by atoms with Gasteiger partial charge in [0.2, 0.25) is 0 Å². The Hall–Kier alpha value is -2.10. The van der Waals surface area contributed by atoms with Gasteiger partial charge < -0.3 is 9.40 Å². The monoisotopic (exact) mass is 213 g/mol.